The zero-order valence-electron chi connectivity index (χ0n) is 9.98. The van der Waals surface area contributed by atoms with Crippen LogP contribution in [-0.2, 0) is 4.74 Å². The van der Waals surface area contributed by atoms with Gasteiger partial charge in [0, 0.05) is 5.69 Å². The first-order chi connectivity index (χ1) is 8.78. The molecular weight excluding hydrogens is 230 g/mol. The summed E-state index contributed by atoms with van der Waals surface area (Å²) in [5, 5.41) is 14.6. The van der Waals surface area contributed by atoms with Gasteiger partial charge in [-0.1, -0.05) is 6.07 Å². The van der Waals surface area contributed by atoms with E-state index in [9.17, 15) is 4.79 Å². The van der Waals surface area contributed by atoms with Crippen LogP contribution < -0.4 is 10.6 Å². The number of anilines is 1. The molecule has 1 aromatic rings. The molecule has 1 aliphatic rings. The van der Waals surface area contributed by atoms with Gasteiger partial charge in [-0.3, -0.25) is 5.32 Å². The molecule has 5 heteroatoms. The second kappa shape index (κ2) is 6.03. The fourth-order valence-corrected chi connectivity index (χ4v) is 1.88. The van der Waals surface area contributed by atoms with Crippen molar-refractivity contribution in [2.45, 2.75) is 18.9 Å². The number of nitriles is 1. The van der Waals surface area contributed by atoms with Crippen LogP contribution in [0, 0.1) is 11.3 Å². The van der Waals surface area contributed by atoms with Crippen LogP contribution in [0.2, 0.25) is 0 Å². The van der Waals surface area contributed by atoms with E-state index in [-0.39, 0.29) is 6.10 Å². The molecule has 0 aliphatic carbocycles. The highest BCUT2D eigenvalue weighted by molar-refractivity contribution is 5.84. The lowest BCUT2D eigenvalue weighted by Gasteiger charge is -2.22. The number of nitrogens with one attached hydrogen (secondary N) is 2. The fraction of sp³-hybridized carbons (Fsp3) is 0.385. The third-order valence-corrected chi connectivity index (χ3v) is 2.80. The molecular formula is C13H15N3O2. The SMILES string of the molecule is N#Cc1cccc(NC(=O)OC2CCNCC2)c1. The Morgan fingerprint density at radius 1 is 1.44 bits per heavy atom. The molecule has 0 aromatic heterocycles. The van der Waals surface area contributed by atoms with Gasteiger partial charge in [0.05, 0.1) is 11.6 Å². The van der Waals surface area contributed by atoms with E-state index in [0.717, 1.165) is 25.9 Å². The van der Waals surface area contributed by atoms with Crippen molar-refractivity contribution < 1.29 is 9.53 Å². The average molecular weight is 245 g/mol. The lowest BCUT2D eigenvalue weighted by Crippen LogP contribution is -2.34. The van der Waals surface area contributed by atoms with Crippen molar-refractivity contribution in [3.63, 3.8) is 0 Å². The molecule has 0 spiro atoms. The molecule has 1 saturated heterocycles. The van der Waals surface area contributed by atoms with Crippen molar-refractivity contribution in [3.8, 4) is 6.07 Å². The van der Waals surface area contributed by atoms with Crippen LogP contribution in [0.1, 0.15) is 18.4 Å². The quantitative estimate of drug-likeness (QED) is 0.834. The average Bonchev–Trinajstić information content (AvgIpc) is 2.40. The molecule has 0 saturated carbocycles. The van der Waals surface area contributed by atoms with Crippen LogP contribution >= 0.6 is 0 Å². The van der Waals surface area contributed by atoms with Crippen LogP contribution in [0.25, 0.3) is 0 Å². The van der Waals surface area contributed by atoms with Gasteiger partial charge >= 0.3 is 6.09 Å². The Kier molecular flexibility index (Phi) is 4.15. The van der Waals surface area contributed by atoms with Gasteiger partial charge in [-0.05, 0) is 44.1 Å². The number of nitrogens with zero attached hydrogens (tertiary/aromatic N) is 1. The number of amides is 1. The van der Waals surface area contributed by atoms with Gasteiger partial charge in [-0.2, -0.15) is 5.26 Å². The Balaban J connectivity index is 1.88. The molecule has 0 unspecified atom stereocenters. The van der Waals surface area contributed by atoms with Crippen LogP contribution in [0.5, 0.6) is 0 Å². The smallest absolute Gasteiger partial charge is 0.411 e. The maximum atomic E-state index is 11.6. The van der Waals surface area contributed by atoms with Crippen molar-refractivity contribution in [2.75, 3.05) is 18.4 Å². The molecule has 1 amide bonds. The number of hydrogen-bond donors (Lipinski definition) is 2. The van der Waals surface area contributed by atoms with Gasteiger partial charge in [-0.15, -0.1) is 0 Å². The number of carbonyl (C=O) groups is 1. The van der Waals surface area contributed by atoms with E-state index in [0.29, 0.717) is 11.3 Å². The van der Waals surface area contributed by atoms with Crippen molar-refractivity contribution >= 4 is 11.8 Å². The number of ether oxygens (including phenoxy) is 1. The van der Waals surface area contributed by atoms with Crippen LogP contribution in [0.4, 0.5) is 10.5 Å². The summed E-state index contributed by atoms with van der Waals surface area (Å²) in [6, 6.07) is 8.77. The largest absolute Gasteiger partial charge is 0.446 e. The molecule has 5 nitrogen and oxygen atoms in total. The number of rotatable bonds is 2. The lowest BCUT2D eigenvalue weighted by atomic mass is 10.1. The van der Waals surface area contributed by atoms with Crippen LogP contribution in [0.3, 0.4) is 0 Å². The Bertz CT molecular complexity index is 462. The van der Waals surface area contributed by atoms with Crippen molar-refractivity contribution in [2.24, 2.45) is 0 Å². The molecule has 0 atom stereocenters. The third-order valence-electron chi connectivity index (χ3n) is 2.80. The maximum absolute atomic E-state index is 11.6. The molecule has 1 aromatic carbocycles. The minimum absolute atomic E-state index is 0.0228. The second-order valence-corrected chi connectivity index (χ2v) is 4.17. The summed E-state index contributed by atoms with van der Waals surface area (Å²) in [6.07, 6.45) is 1.19. The van der Waals surface area contributed by atoms with Crippen molar-refractivity contribution in [1.82, 2.24) is 5.32 Å². The Morgan fingerprint density at radius 2 is 2.22 bits per heavy atom. The monoisotopic (exact) mass is 245 g/mol. The standard InChI is InChI=1S/C13H15N3O2/c14-9-10-2-1-3-11(8-10)16-13(17)18-12-4-6-15-7-5-12/h1-3,8,12,15H,4-7H2,(H,16,17). The Labute approximate surface area is 106 Å². The summed E-state index contributed by atoms with van der Waals surface area (Å²) in [5.74, 6) is 0. The topological polar surface area (TPSA) is 74.2 Å². The molecule has 1 fully saturated rings. The van der Waals surface area contributed by atoms with Gasteiger partial charge in [0.25, 0.3) is 0 Å². The number of carbonyl (C=O) groups excluding carboxylic acids is 1. The first-order valence-electron chi connectivity index (χ1n) is 5.96. The summed E-state index contributed by atoms with van der Waals surface area (Å²) >= 11 is 0. The highest BCUT2D eigenvalue weighted by Gasteiger charge is 2.17. The molecule has 0 radical (unpaired) electrons. The van der Waals surface area contributed by atoms with E-state index in [2.05, 4.69) is 10.6 Å². The van der Waals surface area contributed by atoms with Gasteiger partial charge in [0.15, 0.2) is 0 Å². The zero-order chi connectivity index (χ0) is 12.8. The van der Waals surface area contributed by atoms with Crippen molar-refractivity contribution in [3.05, 3.63) is 29.8 Å². The maximum Gasteiger partial charge on any atom is 0.411 e. The third kappa shape index (κ3) is 3.47. The first-order valence-corrected chi connectivity index (χ1v) is 5.96. The molecule has 0 bridgehead atoms. The van der Waals surface area contributed by atoms with Gasteiger partial charge < -0.3 is 10.1 Å². The summed E-state index contributed by atoms with van der Waals surface area (Å²) < 4.78 is 5.30. The summed E-state index contributed by atoms with van der Waals surface area (Å²) in [4.78, 5) is 11.6. The van der Waals surface area contributed by atoms with E-state index in [1.807, 2.05) is 6.07 Å². The molecule has 1 aliphatic heterocycles. The van der Waals surface area contributed by atoms with E-state index in [1.165, 1.54) is 0 Å². The van der Waals surface area contributed by atoms with E-state index >= 15 is 0 Å². The molecule has 18 heavy (non-hydrogen) atoms. The predicted octanol–water partition coefficient (Wildman–Crippen LogP) is 1.86. The highest BCUT2D eigenvalue weighted by atomic mass is 16.6. The molecule has 2 rings (SSSR count). The summed E-state index contributed by atoms with van der Waals surface area (Å²) in [5.41, 5.74) is 1.09. The number of hydrogen-bond acceptors (Lipinski definition) is 4. The minimum atomic E-state index is -0.461. The second-order valence-electron chi connectivity index (χ2n) is 4.17. The van der Waals surface area contributed by atoms with Gasteiger partial charge in [0.2, 0.25) is 0 Å². The predicted molar refractivity (Wildman–Crippen MR) is 67.2 cm³/mol. The molecule has 2 N–H and O–H groups in total. The number of benzene rings is 1. The fourth-order valence-electron chi connectivity index (χ4n) is 1.88. The van der Waals surface area contributed by atoms with Gasteiger partial charge in [0.1, 0.15) is 6.10 Å². The molecule has 1 heterocycles. The van der Waals surface area contributed by atoms with E-state index in [4.69, 9.17) is 10.00 Å². The van der Waals surface area contributed by atoms with Crippen LogP contribution in [0.15, 0.2) is 24.3 Å². The zero-order valence-corrected chi connectivity index (χ0v) is 9.98. The van der Waals surface area contributed by atoms with Gasteiger partial charge in [-0.25, -0.2) is 4.79 Å². The lowest BCUT2D eigenvalue weighted by molar-refractivity contribution is 0.0909. The van der Waals surface area contributed by atoms with E-state index in [1.54, 1.807) is 24.3 Å². The first kappa shape index (κ1) is 12.4. The molecule has 94 valence electrons. The Hall–Kier alpha value is -2.06. The summed E-state index contributed by atoms with van der Waals surface area (Å²) in [7, 11) is 0. The van der Waals surface area contributed by atoms with Crippen LogP contribution in [-0.4, -0.2) is 25.3 Å². The van der Waals surface area contributed by atoms with Crippen molar-refractivity contribution in [1.29, 1.82) is 5.26 Å². The highest BCUT2D eigenvalue weighted by Crippen LogP contribution is 2.12. The number of piperidine rings is 1. The van der Waals surface area contributed by atoms with E-state index < -0.39 is 6.09 Å². The summed E-state index contributed by atoms with van der Waals surface area (Å²) in [6.45, 7) is 1.75. The Morgan fingerprint density at radius 3 is 2.94 bits per heavy atom. The minimum Gasteiger partial charge on any atom is -0.446 e. The normalized spacial score (nSPS) is 15.7.